The van der Waals surface area contributed by atoms with Crippen LogP contribution < -0.4 is 14.4 Å². The van der Waals surface area contributed by atoms with Crippen molar-refractivity contribution in [1.82, 2.24) is 9.97 Å². The van der Waals surface area contributed by atoms with Crippen LogP contribution in [0.3, 0.4) is 0 Å². The van der Waals surface area contributed by atoms with E-state index in [9.17, 15) is 4.79 Å². The zero-order valence-corrected chi connectivity index (χ0v) is 16.7. The van der Waals surface area contributed by atoms with Gasteiger partial charge in [0.2, 0.25) is 5.28 Å². The van der Waals surface area contributed by atoms with Gasteiger partial charge in [0.05, 0.1) is 33.6 Å². The summed E-state index contributed by atoms with van der Waals surface area (Å²) < 4.78 is 21.3. The molecule has 2 heterocycles. The Labute approximate surface area is 168 Å². The molecule has 1 aromatic heterocycles. The highest BCUT2D eigenvalue weighted by molar-refractivity contribution is 6.28. The van der Waals surface area contributed by atoms with Crippen molar-refractivity contribution in [2.45, 2.75) is 12.6 Å². The number of carbonyl (C=O) groups is 1. The summed E-state index contributed by atoms with van der Waals surface area (Å²) in [5.41, 5.74) is 0.946. The maximum Gasteiger partial charge on any atom is 0.329 e. The fourth-order valence-corrected chi connectivity index (χ4v) is 3.06. The third-order valence-corrected chi connectivity index (χ3v) is 4.75. The van der Waals surface area contributed by atoms with Gasteiger partial charge in [-0.1, -0.05) is 12.1 Å². The Morgan fingerprint density at radius 3 is 2.61 bits per heavy atom. The number of likely N-dealkylation sites (N-methyl/N-ethyl adjacent to an activating group) is 1. The number of anilines is 1. The van der Waals surface area contributed by atoms with Gasteiger partial charge in [0.1, 0.15) is 18.4 Å². The molecule has 28 heavy (non-hydrogen) atoms. The number of nitrogens with zero attached hydrogens (tertiary/aromatic N) is 3. The summed E-state index contributed by atoms with van der Waals surface area (Å²) in [6.45, 7) is 1.25. The monoisotopic (exact) mass is 407 g/mol. The maximum atomic E-state index is 12.3. The largest absolute Gasteiger partial charge is 0.497 e. The second-order valence-corrected chi connectivity index (χ2v) is 6.68. The molecular formula is C19H22ClN3O5. The molecule has 0 N–H and O–H groups in total. The first kappa shape index (κ1) is 20.2. The van der Waals surface area contributed by atoms with E-state index in [1.165, 1.54) is 13.3 Å². The number of benzene rings is 1. The van der Waals surface area contributed by atoms with Gasteiger partial charge in [0.25, 0.3) is 0 Å². The average molecular weight is 408 g/mol. The number of carbonyl (C=O) groups excluding carboxylic acids is 1. The quantitative estimate of drug-likeness (QED) is 0.487. The van der Waals surface area contributed by atoms with Gasteiger partial charge in [0.15, 0.2) is 11.6 Å². The molecule has 150 valence electrons. The van der Waals surface area contributed by atoms with Gasteiger partial charge in [-0.05, 0) is 29.3 Å². The molecule has 0 saturated carbocycles. The second kappa shape index (κ2) is 9.07. The van der Waals surface area contributed by atoms with E-state index in [-0.39, 0.29) is 17.2 Å². The first-order valence-corrected chi connectivity index (χ1v) is 9.08. The molecular weight excluding hydrogens is 386 g/mol. The van der Waals surface area contributed by atoms with Crippen LogP contribution in [-0.4, -0.2) is 56.5 Å². The predicted octanol–water partition coefficient (Wildman–Crippen LogP) is 2.34. The SMILES string of the molecule is COC(=O)C(C1COC1)N(C)c1nc(Cl)ncc1OCc1ccc(OC)cc1. The van der Waals surface area contributed by atoms with Gasteiger partial charge in [-0.25, -0.2) is 9.78 Å². The Hall–Kier alpha value is -2.58. The third kappa shape index (κ3) is 4.45. The molecule has 1 aromatic carbocycles. The lowest BCUT2D eigenvalue weighted by molar-refractivity contribution is -0.149. The minimum Gasteiger partial charge on any atom is -0.497 e. The first-order valence-electron chi connectivity index (χ1n) is 8.70. The van der Waals surface area contributed by atoms with Crippen LogP contribution in [0.4, 0.5) is 5.82 Å². The number of ether oxygens (including phenoxy) is 4. The van der Waals surface area contributed by atoms with Crippen LogP contribution in [0.2, 0.25) is 5.28 Å². The molecule has 9 heteroatoms. The molecule has 8 nitrogen and oxygen atoms in total. The van der Waals surface area contributed by atoms with Crippen molar-refractivity contribution >= 4 is 23.4 Å². The summed E-state index contributed by atoms with van der Waals surface area (Å²) in [6, 6.07) is 6.96. The summed E-state index contributed by atoms with van der Waals surface area (Å²) in [5, 5.41) is 0.0622. The number of hydrogen-bond donors (Lipinski definition) is 0. The number of halogens is 1. The molecule has 3 rings (SSSR count). The summed E-state index contributed by atoms with van der Waals surface area (Å²) in [5.74, 6) is 1.22. The fraction of sp³-hybridized carbons (Fsp3) is 0.421. The molecule has 0 spiro atoms. The predicted molar refractivity (Wildman–Crippen MR) is 103 cm³/mol. The molecule has 1 aliphatic heterocycles. The van der Waals surface area contributed by atoms with Crippen LogP contribution in [0, 0.1) is 5.92 Å². The van der Waals surface area contributed by atoms with Crippen molar-refractivity contribution in [3.8, 4) is 11.5 Å². The maximum absolute atomic E-state index is 12.3. The van der Waals surface area contributed by atoms with Crippen LogP contribution in [0.5, 0.6) is 11.5 Å². The minimum absolute atomic E-state index is 0.000582. The Morgan fingerprint density at radius 2 is 2.04 bits per heavy atom. The van der Waals surface area contributed by atoms with Crippen LogP contribution in [-0.2, 0) is 20.9 Å². The van der Waals surface area contributed by atoms with Gasteiger partial charge >= 0.3 is 5.97 Å². The second-order valence-electron chi connectivity index (χ2n) is 6.34. The fourth-order valence-electron chi connectivity index (χ4n) is 2.93. The Morgan fingerprint density at radius 1 is 1.32 bits per heavy atom. The number of rotatable bonds is 8. The van der Waals surface area contributed by atoms with E-state index in [0.717, 1.165) is 11.3 Å². The third-order valence-electron chi connectivity index (χ3n) is 4.56. The van der Waals surface area contributed by atoms with E-state index < -0.39 is 6.04 Å². The Bertz CT molecular complexity index is 814. The molecule has 0 aliphatic carbocycles. The van der Waals surface area contributed by atoms with Crippen LogP contribution in [0.15, 0.2) is 30.5 Å². The summed E-state index contributed by atoms with van der Waals surface area (Å²) in [4.78, 5) is 22.3. The smallest absolute Gasteiger partial charge is 0.329 e. The normalized spacial score (nSPS) is 14.7. The van der Waals surface area contributed by atoms with E-state index >= 15 is 0 Å². The van der Waals surface area contributed by atoms with E-state index in [2.05, 4.69) is 9.97 Å². The summed E-state index contributed by atoms with van der Waals surface area (Å²) in [7, 11) is 4.72. The highest BCUT2D eigenvalue weighted by atomic mass is 35.5. The van der Waals surface area contributed by atoms with E-state index in [1.807, 2.05) is 24.3 Å². The lowest BCUT2D eigenvalue weighted by Gasteiger charge is -2.37. The van der Waals surface area contributed by atoms with Crippen LogP contribution in [0.1, 0.15) is 5.56 Å². The van der Waals surface area contributed by atoms with Gasteiger partial charge in [-0.3, -0.25) is 0 Å². The zero-order valence-electron chi connectivity index (χ0n) is 15.9. The van der Waals surface area contributed by atoms with Crippen LogP contribution >= 0.6 is 11.6 Å². The molecule has 1 saturated heterocycles. The van der Waals surface area contributed by atoms with E-state index in [4.69, 9.17) is 30.5 Å². The van der Waals surface area contributed by atoms with E-state index in [1.54, 1.807) is 19.1 Å². The Balaban J connectivity index is 1.81. The van der Waals surface area contributed by atoms with Crippen molar-refractivity contribution in [2.24, 2.45) is 5.92 Å². The molecule has 0 amide bonds. The topological polar surface area (TPSA) is 83.0 Å². The lowest BCUT2D eigenvalue weighted by atomic mass is 9.97. The zero-order chi connectivity index (χ0) is 20.1. The van der Waals surface area contributed by atoms with Crippen molar-refractivity contribution in [3.05, 3.63) is 41.3 Å². The van der Waals surface area contributed by atoms with E-state index in [0.29, 0.717) is 31.4 Å². The van der Waals surface area contributed by atoms with Gasteiger partial charge < -0.3 is 23.8 Å². The van der Waals surface area contributed by atoms with Crippen molar-refractivity contribution in [2.75, 3.05) is 39.4 Å². The van der Waals surface area contributed by atoms with Crippen LogP contribution in [0.25, 0.3) is 0 Å². The number of methoxy groups -OCH3 is 2. The average Bonchev–Trinajstić information content (AvgIpc) is 2.68. The highest BCUT2D eigenvalue weighted by Gasteiger charge is 2.39. The van der Waals surface area contributed by atoms with Gasteiger partial charge in [-0.15, -0.1) is 0 Å². The molecule has 1 unspecified atom stereocenters. The minimum atomic E-state index is -0.562. The van der Waals surface area contributed by atoms with Crippen molar-refractivity contribution in [3.63, 3.8) is 0 Å². The number of aromatic nitrogens is 2. The number of hydrogen-bond acceptors (Lipinski definition) is 8. The molecule has 1 aliphatic rings. The van der Waals surface area contributed by atoms with Crippen molar-refractivity contribution in [1.29, 1.82) is 0 Å². The van der Waals surface area contributed by atoms with Gasteiger partial charge in [-0.2, -0.15) is 4.98 Å². The lowest BCUT2D eigenvalue weighted by Crippen LogP contribution is -2.52. The molecule has 2 aromatic rings. The molecule has 1 fully saturated rings. The number of esters is 1. The molecule has 0 radical (unpaired) electrons. The summed E-state index contributed by atoms with van der Waals surface area (Å²) >= 11 is 6.00. The first-order chi connectivity index (χ1) is 13.5. The summed E-state index contributed by atoms with van der Waals surface area (Å²) in [6.07, 6.45) is 1.50. The van der Waals surface area contributed by atoms with Crippen molar-refractivity contribution < 1.29 is 23.7 Å². The Kier molecular flexibility index (Phi) is 6.53. The standard InChI is InChI=1S/C19H22ClN3O5/c1-23(16(18(24)26-3)13-10-27-11-13)17-15(8-21-19(20)22-17)28-9-12-4-6-14(25-2)7-5-12/h4-8,13,16H,9-11H2,1-3H3. The molecule has 1 atom stereocenters. The highest BCUT2D eigenvalue weighted by Crippen LogP contribution is 2.31. The molecule has 0 bridgehead atoms. The van der Waals surface area contributed by atoms with Gasteiger partial charge in [0, 0.05) is 13.0 Å².